The third-order valence-electron chi connectivity index (χ3n) is 4.51. The first-order valence-electron chi connectivity index (χ1n) is 6.77. The second-order valence-electron chi connectivity index (χ2n) is 5.00. The summed E-state index contributed by atoms with van der Waals surface area (Å²) in [5, 5.41) is 4.78. The summed E-state index contributed by atoms with van der Waals surface area (Å²) in [6.07, 6.45) is 4.79. The highest BCUT2D eigenvalue weighted by atomic mass is 15.8. The molecule has 2 heterocycles. The first-order valence-corrected chi connectivity index (χ1v) is 6.77. The van der Waals surface area contributed by atoms with Crippen LogP contribution >= 0.6 is 0 Å². The lowest BCUT2D eigenvalue weighted by atomic mass is 10.1. The van der Waals surface area contributed by atoms with Crippen molar-refractivity contribution in [3.8, 4) is 0 Å². The Morgan fingerprint density at radius 3 is 1.19 bits per heavy atom. The number of hydrogen-bond donors (Lipinski definition) is 2. The molecule has 0 aromatic heterocycles. The largest absolute Gasteiger partial charge is 0.232 e. The second kappa shape index (κ2) is 4.26. The molecule has 0 aliphatic carbocycles. The van der Waals surface area contributed by atoms with E-state index in [1.807, 2.05) is 0 Å². The monoisotopic (exact) mass is 226 g/mol. The molecule has 94 valence electrons. The summed E-state index contributed by atoms with van der Waals surface area (Å²) in [6, 6.07) is 0. The quantitative estimate of drug-likeness (QED) is 0.648. The van der Waals surface area contributed by atoms with Gasteiger partial charge in [-0.15, -0.1) is 0 Å². The summed E-state index contributed by atoms with van der Waals surface area (Å²) in [5.74, 6) is 0. The molecule has 0 aromatic rings. The summed E-state index contributed by atoms with van der Waals surface area (Å²) < 4.78 is 0. The Kier molecular flexibility index (Phi) is 3.27. The fraction of sp³-hybridized carbons (Fsp3) is 1.00. The van der Waals surface area contributed by atoms with Gasteiger partial charge in [-0.05, 0) is 25.7 Å². The van der Waals surface area contributed by atoms with Crippen molar-refractivity contribution in [3.63, 3.8) is 0 Å². The molecule has 2 fully saturated rings. The van der Waals surface area contributed by atoms with E-state index in [4.69, 9.17) is 0 Å². The highest BCUT2D eigenvalue weighted by Crippen LogP contribution is 2.34. The third kappa shape index (κ3) is 1.88. The van der Waals surface area contributed by atoms with E-state index < -0.39 is 0 Å². The predicted octanol–water partition coefficient (Wildman–Crippen LogP) is 1.66. The van der Waals surface area contributed by atoms with Crippen molar-refractivity contribution in [1.82, 2.24) is 20.9 Å². The third-order valence-corrected chi connectivity index (χ3v) is 4.51. The van der Waals surface area contributed by atoms with Crippen molar-refractivity contribution in [2.24, 2.45) is 0 Å². The number of nitrogens with zero attached hydrogens (tertiary/aromatic N) is 2. The topological polar surface area (TPSA) is 49.9 Å². The average Bonchev–Trinajstić information content (AvgIpc) is 3.21. The normalized spacial score (nSPS) is 33.8. The summed E-state index contributed by atoms with van der Waals surface area (Å²) in [7, 11) is 0. The van der Waals surface area contributed by atoms with Crippen molar-refractivity contribution in [3.05, 3.63) is 0 Å². The molecule has 2 aliphatic heterocycles. The molecule has 0 aromatic carbocycles. The fourth-order valence-corrected chi connectivity index (χ4v) is 2.77. The lowest BCUT2D eigenvalue weighted by molar-refractivity contribution is 0.314. The Balaban J connectivity index is 1.71. The van der Waals surface area contributed by atoms with Gasteiger partial charge in [0.05, 0.1) is 11.3 Å². The van der Waals surface area contributed by atoms with Crippen molar-refractivity contribution in [2.45, 2.75) is 64.7 Å². The van der Waals surface area contributed by atoms with Gasteiger partial charge >= 0.3 is 0 Å². The predicted molar refractivity (Wildman–Crippen MR) is 66.3 cm³/mol. The molecular weight excluding hydrogens is 200 g/mol. The molecule has 2 N–H and O–H groups in total. The number of hydrogen-bond acceptors (Lipinski definition) is 4. The van der Waals surface area contributed by atoms with Crippen LogP contribution in [-0.2, 0) is 0 Å². The molecule has 0 saturated carbocycles. The molecule has 2 unspecified atom stereocenters. The van der Waals surface area contributed by atoms with Crippen LogP contribution in [0.1, 0.15) is 53.4 Å². The molecule has 2 atom stereocenters. The van der Waals surface area contributed by atoms with E-state index in [9.17, 15) is 0 Å². The summed E-state index contributed by atoms with van der Waals surface area (Å²) in [4.78, 5) is 0. The van der Waals surface area contributed by atoms with Crippen LogP contribution in [0.15, 0.2) is 0 Å². The van der Waals surface area contributed by atoms with Gasteiger partial charge in [-0.25, -0.2) is 20.9 Å². The minimum absolute atomic E-state index is 0.317. The van der Waals surface area contributed by atoms with Gasteiger partial charge in [-0.3, -0.25) is 0 Å². The van der Waals surface area contributed by atoms with Crippen LogP contribution in [0.5, 0.6) is 0 Å². The Bertz CT molecular complexity index is 219. The maximum atomic E-state index is 3.51. The summed E-state index contributed by atoms with van der Waals surface area (Å²) in [5.41, 5.74) is 7.65. The maximum absolute atomic E-state index is 3.51. The van der Waals surface area contributed by atoms with E-state index in [-0.39, 0.29) is 0 Å². The van der Waals surface area contributed by atoms with Gasteiger partial charge in [0.2, 0.25) is 0 Å². The average molecular weight is 226 g/mol. The highest BCUT2D eigenvalue weighted by molar-refractivity contribution is 4.99. The molecular formula is C12H26N4. The van der Waals surface area contributed by atoms with Crippen LogP contribution in [0.2, 0.25) is 0 Å². The molecule has 2 saturated heterocycles. The molecule has 0 amide bonds. The van der Waals surface area contributed by atoms with E-state index >= 15 is 0 Å². The Morgan fingerprint density at radius 2 is 1.00 bits per heavy atom. The van der Waals surface area contributed by atoms with Gasteiger partial charge in [-0.1, -0.05) is 27.7 Å². The molecule has 4 nitrogen and oxygen atoms in total. The first-order chi connectivity index (χ1) is 7.66. The standard InChI is InChI=1S/C12H26N4/c1-5-11(6-2)13-15(11)9-10-16-12(7-3,8-4)14-16/h13-14H,5-10H2,1-4H3. The Morgan fingerprint density at radius 1 is 0.688 bits per heavy atom. The number of rotatable bonds is 7. The Labute approximate surface area is 99.3 Å². The Hall–Kier alpha value is -0.160. The maximum Gasteiger partial charge on any atom is 0.0969 e. The van der Waals surface area contributed by atoms with Crippen molar-refractivity contribution >= 4 is 0 Å². The van der Waals surface area contributed by atoms with E-state index in [0.29, 0.717) is 11.3 Å². The van der Waals surface area contributed by atoms with Crippen LogP contribution in [0.4, 0.5) is 0 Å². The van der Waals surface area contributed by atoms with Crippen molar-refractivity contribution in [2.75, 3.05) is 13.1 Å². The van der Waals surface area contributed by atoms with Gasteiger partial charge in [0.25, 0.3) is 0 Å². The zero-order chi connectivity index (χ0) is 11.8. The summed E-state index contributed by atoms with van der Waals surface area (Å²) >= 11 is 0. The van der Waals surface area contributed by atoms with E-state index in [1.54, 1.807) is 0 Å². The van der Waals surface area contributed by atoms with Crippen LogP contribution in [0, 0.1) is 0 Å². The molecule has 0 spiro atoms. The lowest BCUT2D eigenvalue weighted by Crippen LogP contribution is -2.25. The molecule has 2 rings (SSSR count). The van der Waals surface area contributed by atoms with Crippen molar-refractivity contribution < 1.29 is 0 Å². The van der Waals surface area contributed by atoms with E-state index in [1.165, 1.54) is 25.7 Å². The fourth-order valence-electron chi connectivity index (χ4n) is 2.77. The zero-order valence-corrected chi connectivity index (χ0v) is 11.1. The minimum atomic E-state index is 0.317. The van der Waals surface area contributed by atoms with Gasteiger partial charge in [0.15, 0.2) is 0 Å². The molecule has 2 aliphatic rings. The van der Waals surface area contributed by atoms with Crippen LogP contribution in [0.3, 0.4) is 0 Å². The number of nitrogens with one attached hydrogen (secondary N) is 2. The van der Waals surface area contributed by atoms with Gasteiger partial charge in [0, 0.05) is 13.1 Å². The van der Waals surface area contributed by atoms with Gasteiger partial charge in [0.1, 0.15) is 0 Å². The smallest absolute Gasteiger partial charge is 0.0969 e. The van der Waals surface area contributed by atoms with Gasteiger partial charge < -0.3 is 0 Å². The SMILES string of the molecule is CCC1(CC)NN1CCN1NC1(CC)CC. The molecule has 0 bridgehead atoms. The molecule has 4 heteroatoms. The van der Waals surface area contributed by atoms with E-state index in [0.717, 1.165) is 13.1 Å². The van der Waals surface area contributed by atoms with E-state index in [2.05, 4.69) is 48.6 Å². The van der Waals surface area contributed by atoms with Crippen LogP contribution in [-0.4, -0.2) is 34.4 Å². The number of hydrazine groups is 2. The molecule has 16 heavy (non-hydrogen) atoms. The summed E-state index contributed by atoms with van der Waals surface area (Å²) in [6.45, 7) is 11.3. The zero-order valence-electron chi connectivity index (χ0n) is 11.1. The highest BCUT2D eigenvalue weighted by Gasteiger charge is 2.51. The van der Waals surface area contributed by atoms with Crippen LogP contribution in [0.25, 0.3) is 0 Å². The van der Waals surface area contributed by atoms with Gasteiger partial charge in [-0.2, -0.15) is 0 Å². The van der Waals surface area contributed by atoms with Crippen molar-refractivity contribution in [1.29, 1.82) is 0 Å². The molecule has 0 radical (unpaired) electrons. The minimum Gasteiger partial charge on any atom is -0.232 e. The first kappa shape index (κ1) is 12.3. The lowest BCUT2D eigenvalue weighted by Gasteiger charge is -2.12. The van der Waals surface area contributed by atoms with Crippen LogP contribution < -0.4 is 10.9 Å². The second-order valence-corrected chi connectivity index (χ2v) is 5.00.